The number of aromatic hydroxyl groups is 2. The number of methoxy groups -OCH3 is 1. The lowest BCUT2D eigenvalue weighted by Gasteiger charge is -2.45. The van der Waals surface area contributed by atoms with Crippen molar-refractivity contribution < 1.29 is 44.5 Å². The summed E-state index contributed by atoms with van der Waals surface area (Å²) in [7, 11) is 1.28. The highest BCUT2D eigenvalue weighted by Gasteiger charge is 2.53. The average Bonchev–Trinajstić information content (AvgIpc) is 3.03. The summed E-state index contributed by atoms with van der Waals surface area (Å²) in [5.74, 6) is -2.02. The number of hydrogen-bond acceptors (Lipinski definition) is 11. The quantitative estimate of drug-likeness (QED) is 0.255. The van der Waals surface area contributed by atoms with Crippen LogP contribution in [-0.2, 0) is 16.0 Å². The van der Waals surface area contributed by atoms with Gasteiger partial charge in [-0.2, -0.15) is 0 Å². The summed E-state index contributed by atoms with van der Waals surface area (Å²) in [4.78, 5) is 17.9. The van der Waals surface area contributed by atoms with Crippen LogP contribution in [0.15, 0.2) is 60.7 Å². The second-order valence-electron chi connectivity index (χ2n) is 11.2. The Balaban J connectivity index is 1.29. The van der Waals surface area contributed by atoms with Gasteiger partial charge in [-0.05, 0) is 11.1 Å². The standard InChI is InChI=1S/C32H36N2O9/c1-41-30-25(36)20(22-23(27(30)38)29-31(43-32(22)40)28(39)26(37)21(17-35)42-29)16-33-12-14-34(15-13-33)24(18-8-4-2-5-9-18)19-10-6-3-7-11-19/h2-11,21,24,26,28-29,31,35-39H,12-17H2,1H3/t21-,26-,28+,29?,31?/m1/s1. The molecule has 0 radical (unpaired) electrons. The lowest BCUT2D eigenvalue weighted by atomic mass is 9.84. The van der Waals surface area contributed by atoms with Gasteiger partial charge in [0.2, 0.25) is 5.75 Å². The van der Waals surface area contributed by atoms with Crippen LogP contribution >= 0.6 is 0 Å². The Kier molecular flexibility index (Phi) is 8.27. The van der Waals surface area contributed by atoms with Gasteiger partial charge in [-0.15, -0.1) is 0 Å². The molecule has 0 saturated carbocycles. The number of phenolic OH excluding ortho intramolecular Hbond substituents is 2. The molecule has 11 heteroatoms. The lowest BCUT2D eigenvalue weighted by Crippen LogP contribution is -2.58. The van der Waals surface area contributed by atoms with Gasteiger partial charge in [-0.25, -0.2) is 4.79 Å². The van der Waals surface area contributed by atoms with Crippen molar-refractivity contribution in [3.8, 4) is 17.2 Å². The maximum Gasteiger partial charge on any atom is 0.339 e. The first kappa shape index (κ1) is 29.4. The van der Waals surface area contributed by atoms with Gasteiger partial charge < -0.3 is 39.7 Å². The highest BCUT2D eigenvalue weighted by Crippen LogP contribution is 2.52. The molecule has 0 spiro atoms. The monoisotopic (exact) mass is 592 g/mol. The zero-order valence-corrected chi connectivity index (χ0v) is 23.7. The Bertz CT molecular complexity index is 1410. The van der Waals surface area contributed by atoms with E-state index in [-0.39, 0.29) is 35.0 Å². The van der Waals surface area contributed by atoms with Crippen molar-refractivity contribution in [3.05, 3.63) is 88.5 Å². The van der Waals surface area contributed by atoms with Crippen molar-refractivity contribution in [2.75, 3.05) is 39.9 Å². The third-order valence-electron chi connectivity index (χ3n) is 8.73. The molecule has 3 aromatic rings. The molecule has 2 saturated heterocycles. The van der Waals surface area contributed by atoms with Gasteiger partial charge in [-0.1, -0.05) is 60.7 Å². The van der Waals surface area contributed by atoms with E-state index in [1.165, 1.54) is 18.2 Å². The molecular formula is C32H36N2O9. The average molecular weight is 593 g/mol. The highest BCUT2D eigenvalue weighted by atomic mass is 16.6. The molecule has 43 heavy (non-hydrogen) atoms. The molecule has 5 atom stereocenters. The number of aliphatic hydroxyl groups excluding tert-OH is 3. The van der Waals surface area contributed by atoms with Gasteiger partial charge in [0.15, 0.2) is 17.6 Å². The fraction of sp³-hybridized carbons (Fsp3) is 0.406. The van der Waals surface area contributed by atoms with E-state index in [1.807, 2.05) is 36.4 Å². The number of ether oxygens (including phenoxy) is 3. The Labute approximate surface area is 249 Å². The third-order valence-corrected chi connectivity index (χ3v) is 8.73. The van der Waals surface area contributed by atoms with Crippen molar-refractivity contribution in [3.63, 3.8) is 0 Å². The van der Waals surface area contributed by atoms with Crippen molar-refractivity contribution in [2.24, 2.45) is 0 Å². The molecule has 3 aliphatic rings. The molecule has 0 aliphatic carbocycles. The third kappa shape index (κ3) is 5.22. The van der Waals surface area contributed by atoms with E-state index in [2.05, 4.69) is 34.1 Å². The predicted molar refractivity (Wildman–Crippen MR) is 154 cm³/mol. The van der Waals surface area contributed by atoms with Gasteiger partial charge in [0.05, 0.1) is 25.3 Å². The number of rotatable bonds is 7. The number of hydrogen-bond donors (Lipinski definition) is 5. The van der Waals surface area contributed by atoms with Gasteiger partial charge in [-0.3, -0.25) is 9.80 Å². The van der Waals surface area contributed by atoms with E-state index in [0.717, 1.165) is 0 Å². The Morgan fingerprint density at radius 3 is 2.07 bits per heavy atom. The molecular weight excluding hydrogens is 556 g/mol. The lowest BCUT2D eigenvalue weighted by molar-refractivity contribution is -0.235. The van der Waals surface area contributed by atoms with E-state index in [1.54, 1.807) is 0 Å². The van der Waals surface area contributed by atoms with Gasteiger partial charge in [0, 0.05) is 43.9 Å². The van der Waals surface area contributed by atoms with Crippen LogP contribution in [0, 0.1) is 0 Å². The van der Waals surface area contributed by atoms with Crippen molar-refractivity contribution in [1.29, 1.82) is 0 Å². The number of piperazine rings is 1. The number of nitrogens with zero attached hydrogens (tertiary/aromatic N) is 2. The maximum absolute atomic E-state index is 13.4. The number of esters is 1. The van der Waals surface area contributed by atoms with Crippen LogP contribution in [0.2, 0.25) is 0 Å². The van der Waals surface area contributed by atoms with Crippen LogP contribution in [0.25, 0.3) is 0 Å². The topological polar surface area (TPSA) is 152 Å². The molecule has 2 unspecified atom stereocenters. The second-order valence-corrected chi connectivity index (χ2v) is 11.2. The van der Waals surface area contributed by atoms with Crippen molar-refractivity contribution >= 4 is 5.97 Å². The first-order valence-electron chi connectivity index (χ1n) is 14.4. The van der Waals surface area contributed by atoms with Crippen molar-refractivity contribution in [1.82, 2.24) is 9.80 Å². The van der Waals surface area contributed by atoms with Crippen LogP contribution in [0.5, 0.6) is 17.2 Å². The first-order chi connectivity index (χ1) is 20.8. The van der Waals surface area contributed by atoms with E-state index >= 15 is 0 Å². The molecule has 0 aromatic heterocycles. The Morgan fingerprint density at radius 2 is 1.51 bits per heavy atom. The Morgan fingerprint density at radius 1 is 0.907 bits per heavy atom. The minimum absolute atomic E-state index is 0.0119. The minimum atomic E-state index is -1.56. The number of carbonyl (C=O) groups is 1. The van der Waals surface area contributed by atoms with Crippen LogP contribution < -0.4 is 4.74 Å². The van der Waals surface area contributed by atoms with Gasteiger partial charge in [0.25, 0.3) is 0 Å². The molecule has 11 nitrogen and oxygen atoms in total. The number of fused-ring (bicyclic) bond motifs is 3. The van der Waals surface area contributed by atoms with Crippen molar-refractivity contribution in [2.45, 2.75) is 43.1 Å². The number of aliphatic hydroxyl groups is 3. The second kappa shape index (κ2) is 12.1. The van der Waals surface area contributed by atoms with Gasteiger partial charge >= 0.3 is 5.97 Å². The predicted octanol–water partition coefficient (Wildman–Crippen LogP) is 1.71. The van der Waals surface area contributed by atoms with E-state index in [9.17, 15) is 30.3 Å². The summed E-state index contributed by atoms with van der Waals surface area (Å²) in [5, 5.41) is 53.0. The fourth-order valence-electron chi connectivity index (χ4n) is 6.55. The first-order valence-corrected chi connectivity index (χ1v) is 14.4. The van der Waals surface area contributed by atoms with Crippen LogP contribution in [-0.4, -0.2) is 106 Å². The van der Waals surface area contributed by atoms with E-state index < -0.39 is 54.6 Å². The summed E-state index contributed by atoms with van der Waals surface area (Å²) in [6.45, 7) is 2.23. The summed E-state index contributed by atoms with van der Waals surface area (Å²) < 4.78 is 16.7. The fourth-order valence-corrected chi connectivity index (χ4v) is 6.55. The molecule has 0 amide bonds. The summed E-state index contributed by atoms with van der Waals surface area (Å²) >= 11 is 0. The Hall–Kier alpha value is -3.71. The normalized spacial score (nSPS) is 26.1. The molecule has 5 N–H and O–H groups in total. The molecule has 3 heterocycles. The van der Waals surface area contributed by atoms with E-state index in [4.69, 9.17) is 14.2 Å². The zero-order chi connectivity index (χ0) is 30.2. The molecule has 3 aliphatic heterocycles. The SMILES string of the molecule is COc1c(O)c(CN2CCN(C(c3ccccc3)c3ccccc3)CC2)c2c(c1O)C1O[C@H](CO)[C@@H](O)[C@H](O)C1OC2=O. The van der Waals surface area contributed by atoms with Crippen LogP contribution in [0.1, 0.15) is 44.8 Å². The van der Waals surface area contributed by atoms with Gasteiger partial charge in [0.1, 0.15) is 24.4 Å². The summed E-state index contributed by atoms with van der Waals surface area (Å²) in [6, 6.07) is 20.7. The highest BCUT2D eigenvalue weighted by molar-refractivity contribution is 5.97. The summed E-state index contributed by atoms with van der Waals surface area (Å²) in [5.41, 5.74) is 2.49. The molecule has 0 bridgehead atoms. The van der Waals surface area contributed by atoms with Crippen LogP contribution in [0.4, 0.5) is 0 Å². The molecule has 6 rings (SSSR count). The maximum atomic E-state index is 13.4. The number of phenols is 2. The largest absolute Gasteiger partial charge is 0.504 e. The number of carbonyl (C=O) groups excluding carboxylic acids is 1. The smallest absolute Gasteiger partial charge is 0.339 e. The molecule has 2 fully saturated rings. The minimum Gasteiger partial charge on any atom is -0.504 e. The molecule has 228 valence electrons. The zero-order valence-electron chi connectivity index (χ0n) is 23.7. The van der Waals surface area contributed by atoms with Crippen LogP contribution in [0.3, 0.4) is 0 Å². The number of benzene rings is 3. The van der Waals surface area contributed by atoms with E-state index in [0.29, 0.717) is 26.2 Å². The summed E-state index contributed by atoms with van der Waals surface area (Å²) in [6.07, 6.45) is -6.79. The molecule has 3 aromatic carbocycles.